The molecule has 5 rings (SSSR count). The van der Waals surface area contributed by atoms with Gasteiger partial charge in [0.05, 0.1) is 5.69 Å². The van der Waals surface area contributed by atoms with Crippen molar-refractivity contribution >= 4 is 16.9 Å². The molecule has 2 N–H and O–H groups in total. The molecule has 3 aromatic rings. The van der Waals surface area contributed by atoms with E-state index in [2.05, 4.69) is 32.7 Å². The molecule has 7 heteroatoms. The SMILES string of the molecule is C=CC(=O)N1CC2CCC(C1)N2Cc1cc2cc(-c3ccccc3O)nnc2[nH]1. The van der Waals surface area contributed by atoms with Gasteiger partial charge >= 0.3 is 0 Å². The molecule has 2 fully saturated rings. The van der Waals surface area contributed by atoms with Gasteiger partial charge in [-0.15, -0.1) is 10.2 Å². The Morgan fingerprint density at radius 2 is 1.97 bits per heavy atom. The lowest BCUT2D eigenvalue weighted by Crippen LogP contribution is -2.54. The number of carbonyl (C=O) groups excluding carboxylic acids is 1. The zero-order valence-corrected chi connectivity index (χ0v) is 16.1. The van der Waals surface area contributed by atoms with Gasteiger partial charge in [-0.3, -0.25) is 9.69 Å². The van der Waals surface area contributed by atoms with Crippen molar-refractivity contribution in [3.8, 4) is 17.0 Å². The highest BCUT2D eigenvalue weighted by Gasteiger charge is 2.40. The van der Waals surface area contributed by atoms with Gasteiger partial charge < -0.3 is 15.0 Å². The number of hydrogen-bond acceptors (Lipinski definition) is 5. The number of rotatable bonds is 4. The number of nitrogens with one attached hydrogen (secondary N) is 1. The monoisotopic (exact) mass is 389 g/mol. The molecule has 2 saturated heterocycles. The molecule has 2 unspecified atom stereocenters. The summed E-state index contributed by atoms with van der Waals surface area (Å²) in [4.78, 5) is 19.8. The smallest absolute Gasteiger partial charge is 0.246 e. The van der Waals surface area contributed by atoms with Crippen LogP contribution in [0.25, 0.3) is 22.3 Å². The summed E-state index contributed by atoms with van der Waals surface area (Å²) in [7, 11) is 0. The number of phenolic OH excluding ortho intramolecular Hbond substituents is 1. The molecule has 1 aromatic carbocycles. The average molecular weight is 389 g/mol. The number of aromatic hydroxyl groups is 1. The number of fused-ring (bicyclic) bond motifs is 3. The van der Waals surface area contributed by atoms with Crippen LogP contribution in [0, 0.1) is 0 Å². The first-order valence-corrected chi connectivity index (χ1v) is 9.93. The fourth-order valence-corrected chi connectivity index (χ4v) is 4.65. The van der Waals surface area contributed by atoms with Crippen LogP contribution in [0.3, 0.4) is 0 Å². The van der Waals surface area contributed by atoms with Gasteiger partial charge in [-0.25, -0.2) is 0 Å². The fourth-order valence-electron chi connectivity index (χ4n) is 4.65. The van der Waals surface area contributed by atoms with Gasteiger partial charge in [0.2, 0.25) is 5.91 Å². The van der Waals surface area contributed by atoms with Crippen molar-refractivity contribution in [1.82, 2.24) is 25.0 Å². The Hall–Kier alpha value is -3.19. The molecule has 148 valence electrons. The van der Waals surface area contributed by atoms with E-state index in [0.717, 1.165) is 49.2 Å². The van der Waals surface area contributed by atoms with E-state index in [9.17, 15) is 9.90 Å². The van der Waals surface area contributed by atoms with Crippen molar-refractivity contribution in [2.45, 2.75) is 31.5 Å². The second kappa shape index (κ2) is 7.00. The molecule has 2 aromatic heterocycles. The molecule has 2 atom stereocenters. The number of piperazine rings is 1. The fraction of sp³-hybridized carbons (Fsp3) is 0.318. The first-order valence-electron chi connectivity index (χ1n) is 9.93. The van der Waals surface area contributed by atoms with E-state index in [0.29, 0.717) is 23.3 Å². The summed E-state index contributed by atoms with van der Waals surface area (Å²) in [6, 6.07) is 12.0. The number of aromatic amines is 1. The van der Waals surface area contributed by atoms with E-state index >= 15 is 0 Å². The largest absolute Gasteiger partial charge is 0.507 e. The topological polar surface area (TPSA) is 85.3 Å². The molecule has 0 aliphatic carbocycles. The minimum atomic E-state index is 0.0270. The lowest BCUT2D eigenvalue weighted by Gasteiger charge is -2.40. The summed E-state index contributed by atoms with van der Waals surface area (Å²) >= 11 is 0. The highest BCUT2D eigenvalue weighted by Crippen LogP contribution is 2.33. The second-order valence-corrected chi connectivity index (χ2v) is 7.85. The van der Waals surface area contributed by atoms with Crippen molar-refractivity contribution in [1.29, 1.82) is 0 Å². The number of nitrogens with zero attached hydrogens (tertiary/aromatic N) is 4. The molecule has 4 heterocycles. The molecule has 1 amide bonds. The standard InChI is InChI=1S/C22H23N5O2/c1-2-21(29)26-12-16-7-8-17(13-26)27(16)11-15-9-14-10-19(24-25-22(14)23-15)18-5-3-4-6-20(18)28/h2-6,9-10,16-17,28H,1,7-8,11-13H2,(H,23,25). The molecule has 2 aliphatic rings. The van der Waals surface area contributed by atoms with Crippen LogP contribution in [0.4, 0.5) is 0 Å². The van der Waals surface area contributed by atoms with Gasteiger partial charge in [0.25, 0.3) is 0 Å². The third-order valence-electron chi connectivity index (χ3n) is 6.08. The van der Waals surface area contributed by atoms with Crippen LogP contribution in [0.1, 0.15) is 18.5 Å². The summed E-state index contributed by atoms with van der Waals surface area (Å²) in [5.74, 6) is 0.222. The summed E-state index contributed by atoms with van der Waals surface area (Å²) < 4.78 is 0. The number of carbonyl (C=O) groups is 1. The maximum Gasteiger partial charge on any atom is 0.246 e. The third-order valence-corrected chi connectivity index (χ3v) is 6.08. The normalized spacial score (nSPS) is 21.6. The van der Waals surface area contributed by atoms with Crippen molar-refractivity contribution in [2.75, 3.05) is 13.1 Å². The maximum absolute atomic E-state index is 12.0. The molecule has 0 spiro atoms. The van der Waals surface area contributed by atoms with Crippen LogP contribution < -0.4 is 0 Å². The predicted octanol–water partition coefficient (Wildman–Crippen LogP) is 2.69. The Kier molecular flexibility index (Phi) is 4.32. The minimum absolute atomic E-state index is 0.0270. The highest BCUT2D eigenvalue weighted by atomic mass is 16.3. The first-order chi connectivity index (χ1) is 14.1. The van der Waals surface area contributed by atoms with Crippen LogP contribution in [-0.4, -0.2) is 61.2 Å². The van der Waals surface area contributed by atoms with Crippen molar-refractivity contribution in [3.05, 3.63) is 54.7 Å². The number of phenols is 1. The van der Waals surface area contributed by atoms with E-state index in [4.69, 9.17) is 0 Å². The van der Waals surface area contributed by atoms with Gasteiger partial charge in [0.1, 0.15) is 5.75 Å². The number of H-pyrrole nitrogens is 1. The first kappa shape index (κ1) is 17.9. The quantitative estimate of drug-likeness (QED) is 0.670. The van der Waals surface area contributed by atoms with E-state index in [1.54, 1.807) is 12.1 Å². The molecule has 0 radical (unpaired) electrons. The average Bonchev–Trinajstić information content (AvgIpc) is 3.23. The predicted molar refractivity (Wildman–Crippen MR) is 110 cm³/mol. The van der Waals surface area contributed by atoms with Gasteiger partial charge in [-0.05, 0) is 43.2 Å². The molecule has 0 saturated carbocycles. The molecule has 7 nitrogen and oxygen atoms in total. The molecular formula is C22H23N5O2. The molecule has 2 aliphatic heterocycles. The van der Waals surface area contributed by atoms with Gasteiger partial charge in [0, 0.05) is 48.4 Å². The van der Waals surface area contributed by atoms with Crippen molar-refractivity contribution < 1.29 is 9.90 Å². The van der Waals surface area contributed by atoms with Gasteiger partial charge in [-0.1, -0.05) is 18.7 Å². The van der Waals surface area contributed by atoms with E-state index in [-0.39, 0.29) is 11.7 Å². The minimum Gasteiger partial charge on any atom is -0.507 e. The van der Waals surface area contributed by atoms with Gasteiger partial charge in [-0.2, -0.15) is 0 Å². The lowest BCUT2D eigenvalue weighted by atomic mass is 10.1. The Morgan fingerprint density at radius 3 is 2.69 bits per heavy atom. The number of para-hydroxylation sites is 1. The van der Waals surface area contributed by atoms with E-state index in [1.807, 2.05) is 23.1 Å². The Balaban J connectivity index is 1.37. The zero-order chi connectivity index (χ0) is 20.0. The second-order valence-electron chi connectivity index (χ2n) is 7.85. The molecule has 29 heavy (non-hydrogen) atoms. The third kappa shape index (κ3) is 3.17. The number of aromatic nitrogens is 3. The summed E-state index contributed by atoms with van der Waals surface area (Å²) in [6.45, 7) is 5.94. The Labute approximate surface area is 168 Å². The maximum atomic E-state index is 12.0. The van der Waals surface area contributed by atoms with Crippen molar-refractivity contribution in [2.24, 2.45) is 0 Å². The van der Waals surface area contributed by atoms with Crippen LogP contribution >= 0.6 is 0 Å². The van der Waals surface area contributed by atoms with Crippen LogP contribution in [0.15, 0.2) is 49.1 Å². The lowest BCUT2D eigenvalue weighted by molar-refractivity contribution is -0.129. The van der Waals surface area contributed by atoms with Gasteiger partial charge in [0.15, 0.2) is 5.65 Å². The van der Waals surface area contributed by atoms with E-state index < -0.39 is 0 Å². The molecular weight excluding hydrogens is 366 g/mol. The Bertz CT molecular complexity index is 1080. The van der Waals surface area contributed by atoms with Crippen LogP contribution in [0.2, 0.25) is 0 Å². The number of hydrogen-bond donors (Lipinski definition) is 2. The Morgan fingerprint density at radius 1 is 1.21 bits per heavy atom. The van der Waals surface area contributed by atoms with Crippen molar-refractivity contribution in [3.63, 3.8) is 0 Å². The van der Waals surface area contributed by atoms with E-state index in [1.165, 1.54) is 6.08 Å². The highest BCUT2D eigenvalue weighted by molar-refractivity contribution is 5.87. The summed E-state index contributed by atoms with van der Waals surface area (Å²) in [6.07, 6.45) is 3.64. The van der Waals surface area contributed by atoms with Crippen LogP contribution in [-0.2, 0) is 11.3 Å². The number of benzene rings is 1. The summed E-state index contributed by atoms with van der Waals surface area (Å²) in [5, 5.41) is 19.6. The van der Waals surface area contributed by atoms with Crippen LogP contribution in [0.5, 0.6) is 5.75 Å². The number of likely N-dealkylation sites (tertiary alicyclic amines) is 1. The zero-order valence-electron chi connectivity index (χ0n) is 16.1. The molecule has 2 bridgehead atoms. The summed E-state index contributed by atoms with van der Waals surface area (Å²) in [5.41, 5.74) is 3.15. The number of amides is 1.